The van der Waals surface area contributed by atoms with Crippen molar-refractivity contribution >= 4 is 34.1 Å². The highest BCUT2D eigenvalue weighted by Gasteiger charge is 2.13. The van der Waals surface area contributed by atoms with Crippen LogP contribution in [0.25, 0.3) is 16.6 Å². The van der Waals surface area contributed by atoms with Gasteiger partial charge in [0.1, 0.15) is 5.65 Å². The summed E-state index contributed by atoms with van der Waals surface area (Å²) in [5, 5.41) is 10.5. The minimum atomic E-state index is -1.02. The summed E-state index contributed by atoms with van der Waals surface area (Å²) in [6.07, 6.45) is 1.33. The Morgan fingerprint density at radius 2 is 2.12 bits per heavy atom. The number of pyridine rings is 1. The molecule has 2 heterocycles. The number of para-hydroxylation sites is 1. The first-order chi connectivity index (χ1) is 8.18. The zero-order chi connectivity index (χ0) is 12.0. The maximum absolute atomic E-state index is 11.1. The van der Waals surface area contributed by atoms with Crippen LogP contribution in [0.1, 0.15) is 10.5 Å². The molecule has 1 N–H and O–H groups in total. The third-order valence-corrected chi connectivity index (χ3v) is 2.97. The molecule has 4 nitrogen and oxygen atoms in total. The van der Waals surface area contributed by atoms with Crippen molar-refractivity contribution in [2.75, 3.05) is 0 Å². The van der Waals surface area contributed by atoms with Gasteiger partial charge in [0.05, 0.1) is 16.7 Å². The van der Waals surface area contributed by atoms with Crippen LogP contribution in [0.2, 0.25) is 5.02 Å². The predicted molar refractivity (Wildman–Crippen MR) is 64.7 cm³/mol. The van der Waals surface area contributed by atoms with Gasteiger partial charge in [0.2, 0.25) is 0 Å². The highest BCUT2D eigenvalue weighted by molar-refractivity contribution is 6.35. The molecular formula is C12H7ClN2O2. The summed E-state index contributed by atoms with van der Waals surface area (Å²) in [6, 6.07) is 9.08. The molecule has 5 heteroatoms. The van der Waals surface area contributed by atoms with Gasteiger partial charge in [-0.2, -0.15) is 0 Å². The van der Waals surface area contributed by atoms with Crippen LogP contribution in [-0.4, -0.2) is 20.5 Å². The van der Waals surface area contributed by atoms with Crippen LogP contribution in [0, 0.1) is 0 Å². The number of fused-ring (bicyclic) bond motifs is 3. The maximum atomic E-state index is 11.1. The second-order valence-corrected chi connectivity index (χ2v) is 4.06. The molecule has 0 saturated heterocycles. The quantitative estimate of drug-likeness (QED) is 0.718. The van der Waals surface area contributed by atoms with Gasteiger partial charge >= 0.3 is 5.97 Å². The molecule has 17 heavy (non-hydrogen) atoms. The van der Waals surface area contributed by atoms with E-state index in [4.69, 9.17) is 16.7 Å². The molecule has 0 aliphatic heterocycles. The van der Waals surface area contributed by atoms with Crippen LogP contribution in [-0.2, 0) is 0 Å². The Hall–Kier alpha value is -2.07. The molecular weight excluding hydrogens is 240 g/mol. The number of carboxylic acids is 1. The summed E-state index contributed by atoms with van der Waals surface area (Å²) in [4.78, 5) is 15.2. The number of aromatic carboxylic acids is 1. The summed E-state index contributed by atoms with van der Waals surface area (Å²) in [5.74, 6) is -1.02. The van der Waals surface area contributed by atoms with E-state index in [1.165, 1.54) is 6.20 Å². The van der Waals surface area contributed by atoms with Gasteiger partial charge in [-0.3, -0.25) is 4.40 Å². The summed E-state index contributed by atoms with van der Waals surface area (Å²) in [5.41, 5.74) is 1.35. The van der Waals surface area contributed by atoms with Crippen molar-refractivity contribution in [2.24, 2.45) is 0 Å². The second-order valence-electron chi connectivity index (χ2n) is 3.65. The SMILES string of the molecule is O=C(O)c1cnc2ccc3cccc(Cl)c3n12. The van der Waals surface area contributed by atoms with Crippen LogP contribution < -0.4 is 0 Å². The molecule has 0 saturated carbocycles. The number of hydrogen-bond acceptors (Lipinski definition) is 2. The molecule has 0 unspecified atom stereocenters. The number of nitrogens with zero attached hydrogens (tertiary/aromatic N) is 2. The lowest BCUT2D eigenvalue weighted by Crippen LogP contribution is -2.02. The van der Waals surface area contributed by atoms with Crippen molar-refractivity contribution in [1.29, 1.82) is 0 Å². The predicted octanol–water partition coefficient (Wildman–Crippen LogP) is 2.84. The van der Waals surface area contributed by atoms with E-state index in [0.717, 1.165) is 5.39 Å². The average Bonchev–Trinajstić information content (AvgIpc) is 2.72. The molecule has 0 radical (unpaired) electrons. The van der Waals surface area contributed by atoms with E-state index in [2.05, 4.69) is 4.98 Å². The average molecular weight is 247 g/mol. The summed E-state index contributed by atoms with van der Waals surface area (Å²) >= 11 is 6.13. The lowest BCUT2D eigenvalue weighted by molar-refractivity contribution is 0.0690. The van der Waals surface area contributed by atoms with E-state index in [-0.39, 0.29) is 5.69 Å². The van der Waals surface area contributed by atoms with Gasteiger partial charge in [0.15, 0.2) is 5.69 Å². The van der Waals surface area contributed by atoms with Gasteiger partial charge in [-0.1, -0.05) is 23.7 Å². The summed E-state index contributed by atoms with van der Waals surface area (Å²) in [7, 11) is 0. The van der Waals surface area contributed by atoms with Crippen molar-refractivity contribution in [3.63, 3.8) is 0 Å². The first-order valence-corrected chi connectivity index (χ1v) is 5.34. The number of carboxylic acid groups (broad SMARTS) is 1. The largest absolute Gasteiger partial charge is 0.477 e. The minimum Gasteiger partial charge on any atom is -0.477 e. The van der Waals surface area contributed by atoms with Crippen LogP contribution >= 0.6 is 11.6 Å². The first-order valence-electron chi connectivity index (χ1n) is 4.96. The van der Waals surface area contributed by atoms with Crippen LogP contribution in [0.5, 0.6) is 0 Å². The van der Waals surface area contributed by atoms with Gasteiger partial charge in [-0.25, -0.2) is 9.78 Å². The van der Waals surface area contributed by atoms with Crippen molar-refractivity contribution in [1.82, 2.24) is 9.38 Å². The highest BCUT2D eigenvalue weighted by atomic mass is 35.5. The van der Waals surface area contributed by atoms with Crippen molar-refractivity contribution in [3.8, 4) is 0 Å². The molecule has 84 valence electrons. The standard InChI is InChI=1S/C12H7ClN2O2/c13-8-3-1-2-7-4-5-10-14-6-9(12(16)17)15(10)11(7)8/h1-6H,(H,16,17). The fourth-order valence-electron chi connectivity index (χ4n) is 1.94. The number of rotatable bonds is 1. The fraction of sp³-hybridized carbons (Fsp3) is 0. The molecule has 0 spiro atoms. The summed E-state index contributed by atoms with van der Waals surface area (Å²) in [6.45, 7) is 0. The topological polar surface area (TPSA) is 54.6 Å². The third-order valence-electron chi connectivity index (χ3n) is 2.66. The highest BCUT2D eigenvalue weighted by Crippen LogP contribution is 2.25. The van der Waals surface area contributed by atoms with E-state index in [0.29, 0.717) is 16.2 Å². The Bertz CT molecular complexity index is 749. The van der Waals surface area contributed by atoms with E-state index in [9.17, 15) is 4.79 Å². The molecule has 0 aliphatic carbocycles. The number of benzene rings is 1. The Morgan fingerprint density at radius 3 is 2.88 bits per heavy atom. The molecule has 0 atom stereocenters. The number of aromatic nitrogens is 2. The van der Waals surface area contributed by atoms with Crippen LogP contribution in [0.15, 0.2) is 36.5 Å². The van der Waals surface area contributed by atoms with E-state index >= 15 is 0 Å². The molecule has 0 aliphatic rings. The Kier molecular flexibility index (Phi) is 2.06. The Morgan fingerprint density at radius 1 is 1.29 bits per heavy atom. The van der Waals surface area contributed by atoms with Crippen molar-refractivity contribution < 1.29 is 9.90 Å². The second kappa shape index (κ2) is 3.46. The number of halogens is 1. The van der Waals surface area contributed by atoms with Gasteiger partial charge in [0, 0.05) is 5.39 Å². The zero-order valence-electron chi connectivity index (χ0n) is 8.59. The number of hydrogen-bond donors (Lipinski definition) is 1. The fourth-order valence-corrected chi connectivity index (χ4v) is 2.20. The van der Waals surface area contributed by atoms with Gasteiger partial charge in [-0.15, -0.1) is 0 Å². The Labute approximate surface area is 101 Å². The molecule has 0 fully saturated rings. The third kappa shape index (κ3) is 1.38. The minimum absolute atomic E-state index is 0.110. The molecule has 2 aromatic heterocycles. The lowest BCUT2D eigenvalue weighted by atomic mass is 10.2. The monoisotopic (exact) mass is 246 g/mol. The van der Waals surface area contributed by atoms with E-state index < -0.39 is 5.97 Å². The van der Waals surface area contributed by atoms with Crippen molar-refractivity contribution in [2.45, 2.75) is 0 Å². The number of carbonyl (C=O) groups is 1. The van der Waals surface area contributed by atoms with Crippen molar-refractivity contribution in [3.05, 3.63) is 47.2 Å². The van der Waals surface area contributed by atoms with Crippen LogP contribution in [0.4, 0.5) is 0 Å². The number of imidazole rings is 1. The van der Waals surface area contributed by atoms with Crippen LogP contribution in [0.3, 0.4) is 0 Å². The normalized spacial score (nSPS) is 11.1. The van der Waals surface area contributed by atoms with E-state index in [1.54, 1.807) is 16.5 Å². The smallest absolute Gasteiger partial charge is 0.354 e. The Balaban J connectivity index is 2.61. The first kappa shape index (κ1) is 10.1. The maximum Gasteiger partial charge on any atom is 0.354 e. The van der Waals surface area contributed by atoms with E-state index in [1.807, 2.05) is 18.2 Å². The molecule has 0 amide bonds. The summed E-state index contributed by atoms with van der Waals surface area (Å²) < 4.78 is 1.56. The zero-order valence-corrected chi connectivity index (χ0v) is 9.35. The molecule has 1 aromatic carbocycles. The molecule has 0 bridgehead atoms. The van der Waals surface area contributed by atoms with Gasteiger partial charge < -0.3 is 5.11 Å². The molecule has 3 aromatic rings. The van der Waals surface area contributed by atoms with Gasteiger partial charge in [-0.05, 0) is 18.2 Å². The lowest BCUT2D eigenvalue weighted by Gasteiger charge is -2.05. The van der Waals surface area contributed by atoms with Gasteiger partial charge in [0.25, 0.3) is 0 Å². The molecule has 3 rings (SSSR count).